The summed E-state index contributed by atoms with van der Waals surface area (Å²) in [6, 6.07) is 2.51. The maximum atomic E-state index is 14.4. The number of aryl methyl sites for hydroxylation is 1. The molecular weight excluding hydrogens is 611 g/mol. The number of alkyl carbamates (subject to hydrolysis) is 1. The summed E-state index contributed by atoms with van der Waals surface area (Å²) in [4.78, 5) is 44.6. The summed E-state index contributed by atoms with van der Waals surface area (Å²) in [5.74, 6) is -1.29. The van der Waals surface area contributed by atoms with Crippen molar-refractivity contribution < 1.29 is 51.2 Å². The molecule has 1 aromatic carbocycles. The van der Waals surface area contributed by atoms with E-state index in [-0.39, 0.29) is 37.7 Å². The number of alkyl halides is 3. The van der Waals surface area contributed by atoms with E-state index in [4.69, 9.17) is 23.7 Å². The second kappa shape index (κ2) is 13.9. The van der Waals surface area contributed by atoms with Gasteiger partial charge in [0.2, 0.25) is 5.91 Å². The highest BCUT2D eigenvalue weighted by molar-refractivity contribution is 5.91. The van der Waals surface area contributed by atoms with Crippen molar-refractivity contribution in [3.05, 3.63) is 29.5 Å². The van der Waals surface area contributed by atoms with Crippen LogP contribution in [0.5, 0.6) is 11.5 Å². The minimum Gasteiger partial charge on any atom is -0.493 e. The molecule has 11 nitrogen and oxygen atoms in total. The topological polar surface area (TPSA) is 126 Å². The molecule has 2 aliphatic rings. The van der Waals surface area contributed by atoms with Gasteiger partial charge in [-0.05, 0) is 58.2 Å². The molecule has 1 spiro atoms. The molecule has 1 aromatic heterocycles. The number of amides is 2. The molecule has 0 saturated carbocycles. The van der Waals surface area contributed by atoms with Gasteiger partial charge < -0.3 is 33.9 Å². The number of pyridine rings is 1. The minimum atomic E-state index is -4.84. The first-order valence-corrected chi connectivity index (χ1v) is 15.3. The highest BCUT2D eigenvalue weighted by Gasteiger charge is 2.55. The zero-order chi connectivity index (χ0) is 33.9. The first-order chi connectivity index (χ1) is 21.6. The number of carbonyl (C=O) groups is 3. The molecule has 2 aliphatic heterocycles. The zero-order valence-electron chi connectivity index (χ0n) is 27.0. The van der Waals surface area contributed by atoms with Crippen LogP contribution in [0, 0.1) is 0 Å². The monoisotopic (exact) mass is 653 g/mol. The Kier molecular flexibility index (Phi) is 10.6. The Balaban J connectivity index is 1.69. The lowest BCUT2D eigenvalue weighted by molar-refractivity contribution is -0.151. The largest absolute Gasteiger partial charge is 0.493 e. The van der Waals surface area contributed by atoms with Crippen molar-refractivity contribution in [1.29, 1.82) is 0 Å². The Morgan fingerprint density at radius 1 is 1.17 bits per heavy atom. The van der Waals surface area contributed by atoms with Crippen LogP contribution in [0.15, 0.2) is 18.2 Å². The van der Waals surface area contributed by atoms with Crippen LogP contribution in [0.4, 0.5) is 18.0 Å². The van der Waals surface area contributed by atoms with Crippen molar-refractivity contribution in [2.45, 2.75) is 95.7 Å². The van der Waals surface area contributed by atoms with Gasteiger partial charge in [0.1, 0.15) is 29.0 Å². The van der Waals surface area contributed by atoms with Crippen molar-refractivity contribution in [2.24, 2.45) is 0 Å². The Labute approximate surface area is 266 Å². The number of halogens is 3. The average molecular weight is 654 g/mol. The normalized spacial score (nSPS) is 20.2. The van der Waals surface area contributed by atoms with E-state index in [1.54, 1.807) is 40.0 Å². The summed E-state index contributed by atoms with van der Waals surface area (Å²) in [6.07, 6.45) is -3.99. The van der Waals surface area contributed by atoms with E-state index >= 15 is 0 Å². The number of ether oxygens (including phenoxy) is 5. The molecule has 1 fully saturated rings. The van der Waals surface area contributed by atoms with Crippen LogP contribution >= 0.6 is 0 Å². The fourth-order valence-corrected chi connectivity index (χ4v) is 5.92. The highest BCUT2D eigenvalue weighted by Crippen LogP contribution is 2.48. The van der Waals surface area contributed by atoms with Gasteiger partial charge in [0.15, 0.2) is 11.4 Å². The van der Waals surface area contributed by atoms with E-state index in [1.807, 2.05) is 6.92 Å². The van der Waals surface area contributed by atoms with Crippen LogP contribution in [-0.2, 0) is 36.4 Å². The fourth-order valence-electron chi connectivity index (χ4n) is 5.92. The lowest BCUT2D eigenvalue weighted by Gasteiger charge is -2.37. The summed E-state index contributed by atoms with van der Waals surface area (Å²) in [7, 11) is 2.75. The molecule has 254 valence electrons. The van der Waals surface area contributed by atoms with Gasteiger partial charge in [-0.3, -0.25) is 4.79 Å². The predicted octanol–water partition coefficient (Wildman–Crippen LogP) is 5.20. The maximum absolute atomic E-state index is 14.4. The molecule has 1 saturated heterocycles. The van der Waals surface area contributed by atoms with Gasteiger partial charge in [0, 0.05) is 37.5 Å². The van der Waals surface area contributed by atoms with Crippen molar-refractivity contribution >= 4 is 28.9 Å². The van der Waals surface area contributed by atoms with Gasteiger partial charge in [-0.1, -0.05) is 13.3 Å². The second-order valence-electron chi connectivity index (χ2n) is 12.6. The molecule has 3 atom stereocenters. The smallest absolute Gasteiger partial charge is 0.437 e. The molecule has 0 unspecified atom stereocenters. The number of hydrogen-bond acceptors (Lipinski definition) is 9. The standard InChI is InChI=1S/C32H42F3N3O8/c1-7-9-23(37-29(41)46-30(2,3)4)27(39)38-18-31(17-24(38)28(40)43-6)13-12-20-21-16-19(44-15-8-14-42-5)10-11-22(21)36-26(25(20)45-31)32(33,34)35/h10-11,16,23-24H,7-9,12-15,17-18H2,1-6H3,(H,37,41)/t23-,24-,31+/m0/s1. The van der Waals surface area contributed by atoms with Gasteiger partial charge in [0.25, 0.3) is 0 Å². The van der Waals surface area contributed by atoms with Gasteiger partial charge >= 0.3 is 18.2 Å². The third-order valence-corrected chi connectivity index (χ3v) is 7.92. The van der Waals surface area contributed by atoms with Crippen molar-refractivity contribution in [3.63, 3.8) is 0 Å². The van der Waals surface area contributed by atoms with Crippen LogP contribution in [0.3, 0.4) is 0 Å². The first kappa shape index (κ1) is 35.1. The molecule has 1 N–H and O–H groups in total. The number of carbonyl (C=O) groups excluding carboxylic acids is 3. The Morgan fingerprint density at radius 2 is 1.91 bits per heavy atom. The van der Waals surface area contributed by atoms with Gasteiger partial charge in [-0.15, -0.1) is 0 Å². The molecular formula is C32H42F3N3O8. The third kappa shape index (κ3) is 7.94. The first-order valence-electron chi connectivity index (χ1n) is 15.3. The predicted molar refractivity (Wildman–Crippen MR) is 161 cm³/mol. The quantitative estimate of drug-likeness (QED) is 0.272. The van der Waals surface area contributed by atoms with E-state index in [2.05, 4.69) is 10.3 Å². The number of aromatic nitrogens is 1. The highest BCUT2D eigenvalue weighted by atomic mass is 19.4. The minimum absolute atomic E-state index is 0.103. The van der Waals surface area contributed by atoms with E-state index in [9.17, 15) is 27.6 Å². The van der Waals surface area contributed by atoms with Crippen LogP contribution in [-0.4, -0.2) is 85.1 Å². The number of likely N-dealkylation sites (tertiary alicyclic amines) is 1. The summed E-state index contributed by atoms with van der Waals surface area (Å²) in [6.45, 7) is 7.54. The molecule has 46 heavy (non-hydrogen) atoms. The number of methoxy groups -OCH3 is 2. The number of esters is 1. The fraction of sp³-hybridized carbons (Fsp3) is 0.625. The molecule has 4 rings (SSSR count). The molecule has 14 heteroatoms. The van der Waals surface area contributed by atoms with Gasteiger partial charge in [0.05, 0.1) is 25.8 Å². The molecule has 2 aromatic rings. The molecule has 0 aliphatic carbocycles. The van der Waals surface area contributed by atoms with E-state index in [1.165, 1.54) is 18.1 Å². The number of fused-ring (bicyclic) bond motifs is 3. The molecule has 3 heterocycles. The third-order valence-electron chi connectivity index (χ3n) is 7.92. The Bertz CT molecular complexity index is 1440. The molecule has 0 radical (unpaired) electrons. The summed E-state index contributed by atoms with van der Waals surface area (Å²) < 4.78 is 70.6. The van der Waals surface area contributed by atoms with E-state index < -0.39 is 58.9 Å². The van der Waals surface area contributed by atoms with Crippen LogP contribution < -0.4 is 14.8 Å². The number of hydrogen-bond donors (Lipinski definition) is 1. The maximum Gasteiger partial charge on any atom is 0.437 e. The van der Waals surface area contributed by atoms with Crippen LogP contribution in [0.2, 0.25) is 0 Å². The van der Waals surface area contributed by atoms with E-state index in [0.717, 1.165) is 0 Å². The zero-order valence-corrected chi connectivity index (χ0v) is 27.0. The van der Waals surface area contributed by atoms with Gasteiger partial charge in [-0.2, -0.15) is 13.2 Å². The van der Waals surface area contributed by atoms with Crippen LogP contribution in [0.1, 0.15) is 71.1 Å². The summed E-state index contributed by atoms with van der Waals surface area (Å²) >= 11 is 0. The van der Waals surface area contributed by atoms with E-state index in [0.29, 0.717) is 42.8 Å². The van der Waals surface area contributed by atoms with Crippen LogP contribution in [0.25, 0.3) is 10.9 Å². The van der Waals surface area contributed by atoms with Crippen molar-refractivity contribution in [1.82, 2.24) is 15.2 Å². The lowest BCUT2D eigenvalue weighted by atomic mass is 9.87. The van der Waals surface area contributed by atoms with Gasteiger partial charge in [-0.25, -0.2) is 14.6 Å². The average Bonchev–Trinajstić information content (AvgIpc) is 3.34. The molecule has 0 bridgehead atoms. The van der Waals surface area contributed by atoms with Crippen molar-refractivity contribution in [2.75, 3.05) is 34.0 Å². The number of rotatable bonds is 10. The Morgan fingerprint density at radius 3 is 2.54 bits per heavy atom. The Hall–Kier alpha value is -3.81. The second-order valence-corrected chi connectivity index (χ2v) is 12.6. The summed E-state index contributed by atoms with van der Waals surface area (Å²) in [5.41, 5.74) is -2.88. The number of nitrogens with zero attached hydrogens (tertiary/aromatic N) is 2. The SMILES string of the molecule is CCC[C@H](NC(=O)OC(C)(C)C)C(=O)N1C[C@@]2(CCc3c(c(C(F)(F)F)nc4ccc(OCCCOC)cc34)O2)C[C@H]1C(=O)OC. The number of benzene rings is 1. The number of nitrogens with one attached hydrogen (secondary N) is 1. The molecule has 2 amide bonds. The van der Waals surface area contributed by atoms with Crippen molar-refractivity contribution in [3.8, 4) is 11.5 Å². The lowest BCUT2D eigenvalue weighted by Crippen LogP contribution is -2.53. The summed E-state index contributed by atoms with van der Waals surface area (Å²) in [5, 5.41) is 3.05.